The lowest BCUT2D eigenvalue weighted by Gasteiger charge is -2.11. The molecule has 0 fully saturated rings. The van der Waals surface area contributed by atoms with Gasteiger partial charge in [-0.3, -0.25) is 14.4 Å². The molecule has 0 aromatic heterocycles. The van der Waals surface area contributed by atoms with Crippen molar-refractivity contribution in [2.75, 3.05) is 10.6 Å². The van der Waals surface area contributed by atoms with Gasteiger partial charge in [0.05, 0.1) is 17.5 Å². The van der Waals surface area contributed by atoms with Crippen molar-refractivity contribution in [2.45, 2.75) is 0 Å². The average molecular weight is 513 g/mol. The number of amides is 3. The van der Waals surface area contributed by atoms with Crippen molar-refractivity contribution in [3.05, 3.63) is 119 Å². The molecule has 4 rings (SSSR count). The number of benzene rings is 4. The molecular weight excluding hydrogens is 492 g/mol. The van der Waals surface area contributed by atoms with Gasteiger partial charge in [-0.25, -0.2) is 5.43 Å². The van der Waals surface area contributed by atoms with E-state index in [1.165, 1.54) is 18.3 Å². The predicted molar refractivity (Wildman–Crippen MR) is 143 cm³/mol. The number of carbonyl (C=O) groups is 3. The van der Waals surface area contributed by atoms with Crippen molar-refractivity contribution in [3.63, 3.8) is 0 Å². The standard InChI is InChI=1S/C28H21ClN4O4/c29-20-13-15-21(16-14-20)31-26(34)24-11-4-5-12-25(24)32-27(35)28(36)33-30-18-19-7-6-10-23(17-19)37-22-8-2-1-3-9-22/h1-18H,(H,31,34)(H,32,35)(H,33,36). The maximum Gasteiger partial charge on any atom is 0.329 e. The van der Waals surface area contributed by atoms with Crippen molar-refractivity contribution in [2.24, 2.45) is 5.10 Å². The van der Waals surface area contributed by atoms with Crippen LogP contribution in [-0.4, -0.2) is 23.9 Å². The number of nitrogens with one attached hydrogen (secondary N) is 3. The van der Waals surface area contributed by atoms with Gasteiger partial charge in [-0.05, 0) is 66.2 Å². The second kappa shape index (κ2) is 12.1. The summed E-state index contributed by atoms with van der Waals surface area (Å²) in [6.45, 7) is 0. The van der Waals surface area contributed by atoms with Crippen molar-refractivity contribution in [1.82, 2.24) is 5.43 Å². The summed E-state index contributed by atoms with van der Waals surface area (Å²) in [5, 5.41) is 9.54. The Bertz CT molecular complexity index is 1440. The number of hydrogen-bond acceptors (Lipinski definition) is 5. The summed E-state index contributed by atoms with van der Waals surface area (Å²) in [5.74, 6) is -1.17. The van der Waals surface area contributed by atoms with Gasteiger partial charge < -0.3 is 15.4 Å². The summed E-state index contributed by atoms with van der Waals surface area (Å²) in [4.78, 5) is 37.4. The lowest BCUT2D eigenvalue weighted by Crippen LogP contribution is -2.33. The lowest BCUT2D eigenvalue weighted by atomic mass is 10.1. The Kier molecular flexibility index (Phi) is 8.26. The Hall–Kier alpha value is -4.95. The summed E-state index contributed by atoms with van der Waals surface area (Å²) in [6, 6.07) is 29.3. The maximum atomic E-state index is 12.7. The van der Waals surface area contributed by atoms with Crippen molar-refractivity contribution < 1.29 is 19.1 Å². The first-order chi connectivity index (χ1) is 18.0. The van der Waals surface area contributed by atoms with Gasteiger partial charge in [0.2, 0.25) is 0 Å². The number of nitrogens with zero attached hydrogens (tertiary/aromatic N) is 1. The summed E-state index contributed by atoms with van der Waals surface area (Å²) in [6.07, 6.45) is 1.39. The highest BCUT2D eigenvalue weighted by molar-refractivity contribution is 6.40. The van der Waals surface area contributed by atoms with Crippen LogP contribution in [0.3, 0.4) is 0 Å². The van der Waals surface area contributed by atoms with Gasteiger partial charge in [-0.1, -0.05) is 54.1 Å². The molecule has 0 aliphatic heterocycles. The van der Waals surface area contributed by atoms with E-state index < -0.39 is 17.7 Å². The molecule has 0 saturated heterocycles. The highest BCUT2D eigenvalue weighted by Gasteiger charge is 2.17. The molecule has 4 aromatic carbocycles. The van der Waals surface area contributed by atoms with Gasteiger partial charge >= 0.3 is 11.8 Å². The van der Waals surface area contributed by atoms with E-state index in [9.17, 15) is 14.4 Å². The van der Waals surface area contributed by atoms with E-state index in [0.717, 1.165) is 0 Å². The molecule has 3 N–H and O–H groups in total. The molecule has 9 heteroatoms. The second-order valence-corrected chi connectivity index (χ2v) is 8.08. The van der Waals surface area contributed by atoms with Crippen LogP contribution in [0, 0.1) is 0 Å². The van der Waals surface area contributed by atoms with Crippen molar-refractivity contribution in [1.29, 1.82) is 0 Å². The molecule has 0 aliphatic rings. The number of carbonyl (C=O) groups excluding carboxylic acids is 3. The van der Waals surface area contributed by atoms with Crippen molar-refractivity contribution in [3.8, 4) is 11.5 Å². The highest BCUT2D eigenvalue weighted by Crippen LogP contribution is 2.21. The Labute approximate surface area is 217 Å². The van der Waals surface area contributed by atoms with Crippen LogP contribution in [-0.2, 0) is 9.59 Å². The van der Waals surface area contributed by atoms with Crippen LogP contribution >= 0.6 is 11.6 Å². The molecule has 8 nitrogen and oxygen atoms in total. The van der Waals surface area contributed by atoms with Gasteiger partial charge in [-0.2, -0.15) is 5.10 Å². The molecule has 37 heavy (non-hydrogen) atoms. The van der Waals surface area contributed by atoms with E-state index in [0.29, 0.717) is 27.8 Å². The number of ether oxygens (including phenoxy) is 1. The first-order valence-corrected chi connectivity index (χ1v) is 11.5. The number of rotatable bonds is 7. The zero-order valence-electron chi connectivity index (χ0n) is 19.4. The fraction of sp³-hybridized carbons (Fsp3) is 0. The van der Waals surface area contributed by atoms with Gasteiger partial charge in [0.15, 0.2) is 0 Å². The van der Waals surface area contributed by atoms with Gasteiger partial charge in [0.25, 0.3) is 5.91 Å². The fourth-order valence-corrected chi connectivity index (χ4v) is 3.33. The van der Waals surface area contributed by atoms with Crippen LogP contribution in [0.4, 0.5) is 11.4 Å². The molecule has 0 aliphatic carbocycles. The minimum atomic E-state index is -0.999. The number of anilines is 2. The molecule has 0 atom stereocenters. The molecule has 0 spiro atoms. The molecule has 4 aromatic rings. The molecule has 0 saturated carbocycles. The summed E-state index contributed by atoms with van der Waals surface area (Å²) in [5.41, 5.74) is 3.71. The third-order valence-corrected chi connectivity index (χ3v) is 5.20. The third kappa shape index (κ3) is 7.27. The molecule has 0 heterocycles. The van der Waals surface area contributed by atoms with Crippen LogP contribution in [0.1, 0.15) is 15.9 Å². The molecule has 0 radical (unpaired) electrons. The molecule has 184 valence electrons. The van der Waals surface area contributed by atoms with Gasteiger partial charge in [0.1, 0.15) is 11.5 Å². The number of hydrazone groups is 1. The van der Waals surface area contributed by atoms with Gasteiger partial charge in [-0.15, -0.1) is 0 Å². The summed E-state index contributed by atoms with van der Waals surface area (Å²) in [7, 11) is 0. The van der Waals surface area contributed by atoms with E-state index in [1.807, 2.05) is 30.3 Å². The van der Waals surface area contributed by atoms with Crippen LogP contribution in [0.25, 0.3) is 0 Å². The summed E-state index contributed by atoms with van der Waals surface area (Å²) < 4.78 is 5.77. The predicted octanol–water partition coefficient (Wildman–Crippen LogP) is 5.47. The van der Waals surface area contributed by atoms with E-state index in [2.05, 4.69) is 21.2 Å². The normalized spacial score (nSPS) is 10.5. The molecule has 0 bridgehead atoms. The SMILES string of the molecule is O=C(NN=Cc1cccc(Oc2ccccc2)c1)C(=O)Nc1ccccc1C(=O)Nc1ccc(Cl)cc1. The topological polar surface area (TPSA) is 109 Å². The highest BCUT2D eigenvalue weighted by atomic mass is 35.5. The van der Waals surface area contributed by atoms with E-state index in [4.69, 9.17) is 16.3 Å². The smallest absolute Gasteiger partial charge is 0.329 e. The van der Waals surface area contributed by atoms with E-state index in [-0.39, 0.29) is 11.3 Å². The van der Waals surface area contributed by atoms with Crippen LogP contribution in [0.2, 0.25) is 5.02 Å². The first-order valence-electron chi connectivity index (χ1n) is 11.1. The monoisotopic (exact) mass is 512 g/mol. The second-order valence-electron chi connectivity index (χ2n) is 7.65. The van der Waals surface area contributed by atoms with Gasteiger partial charge in [0, 0.05) is 10.7 Å². The van der Waals surface area contributed by atoms with Crippen LogP contribution in [0.5, 0.6) is 11.5 Å². The Morgan fingerprint density at radius 3 is 2.22 bits per heavy atom. The van der Waals surface area contributed by atoms with Crippen molar-refractivity contribution >= 4 is 46.9 Å². The zero-order chi connectivity index (χ0) is 26.0. The lowest BCUT2D eigenvalue weighted by molar-refractivity contribution is -0.136. The Morgan fingerprint density at radius 2 is 1.43 bits per heavy atom. The Balaban J connectivity index is 1.35. The number of para-hydroxylation sites is 2. The summed E-state index contributed by atoms with van der Waals surface area (Å²) >= 11 is 5.87. The largest absolute Gasteiger partial charge is 0.457 e. The first kappa shape index (κ1) is 25.2. The Morgan fingerprint density at radius 1 is 0.730 bits per heavy atom. The zero-order valence-corrected chi connectivity index (χ0v) is 20.1. The van der Waals surface area contributed by atoms with Crippen LogP contribution in [0.15, 0.2) is 108 Å². The van der Waals surface area contributed by atoms with E-state index >= 15 is 0 Å². The fourth-order valence-electron chi connectivity index (χ4n) is 3.20. The molecule has 3 amide bonds. The maximum absolute atomic E-state index is 12.7. The minimum Gasteiger partial charge on any atom is -0.457 e. The van der Waals surface area contributed by atoms with Crippen LogP contribution < -0.4 is 20.8 Å². The molecular formula is C28H21ClN4O4. The number of hydrogen-bond donors (Lipinski definition) is 3. The third-order valence-electron chi connectivity index (χ3n) is 4.94. The molecule has 0 unspecified atom stereocenters. The van der Waals surface area contributed by atoms with E-state index in [1.54, 1.807) is 60.7 Å². The quantitative estimate of drug-likeness (QED) is 0.173. The number of halogens is 1. The minimum absolute atomic E-state index is 0.170. The average Bonchev–Trinajstić information content (AvgIpc) is 2.91.